The number of ketones is 1. The minimum atomic E-state index is -1.38. The first-order valence-electron chi connectivity index (χ1n) is 11.0. The Balaban J connectivity index is 1.36. The molecule has 0 aromatic heterocycles. The highest BCUT2D eigenvalue weighted by molar-refractivity contribution is 6.00. The minimum absolute atomic E-state index is 0.00395. The fourth-order valence-electron chi connectivity index (χ4n) is 7.09. The molecule has 3 aliphatic carbocycles. The minimum Gasteiger partial charge on any atom is -0.506 e. The fraction of sp³-hybridized carbons (Fsp3) is 0.542. The van der Waals surface area contributed by atoms with Crippen LogP contribution >= 0.6 is 0 Å². The third kappa shape index (κ3) is 2.75. The van der Waals surface area contributed by atoms with E-state index >= 15 is 0 Å². The maximum Gasteiger partial charge on any atom is 0.339 e. The molecule has 2 aliphatic heterocycles. The van der Waals surface area contributed by atoms with E-state index in [-0.39, 0.29) is 47.4 Å². The molecule has 170 valence electrons. The Kier molecular flexibility index (Phi) is 4.31. The lowest BCUT2D eigenvalue weighted by Gasteiger charge is -2.55. The fourth-order valence-corrected chi connectivity index (χ4v) is 7.09. The van der Waals surface area contributed by atoms with Gasteiger partial charge in [-0.1, -0.05) is 13.0 Å². The number of amides is 1. The maximum absolute atomic E-state index is 13.1. The molecule has 1 aromatic rings. The number of ether oxygens (including phenoxy) is 1. The van der Waals surface area contributed by atoms with Crippen LogP contribution in [0.25, 0.3) is 0 Å². The van der Waals surface area contributed by atoms with Gasteiger partial charge in [0.25, 0.3) is 0 Å². The molecule has 1 spiro atoms. The van der Waals surface area contributed by atoms with Crippen LogP contribution in [0.3, 0.4) is 0 Å². The van der Waals surface area contributed by atoms with Gasteiger partial charge >= 0.3 is 5.97 Å². The second-order valence-electron chi connectivity index (χ2n) is 10.3. The molecule has 4 fully saturated rings. The van der Waals surface area contributed by atoms with Crippen LogP contribution in [0.5, 0.6) is 11.5 Å². The number of phenolic OH excluding ortho intramolecular Hbond substituents is 1. The van der Waals surface area contributed by atoms with Crippen molar-refractivity contribution in [3.05, 3.63) is 29.8 Å². The summed E-state index contributed by atoms with van der Waals surface area (Å²) in [6.45, 7) is 4.08. The van der Waals surface area contributed by atoms with E-state index in [2.05, 4.69) is 18.3 Å². The molecule has 5 aliphatic rings. The molecule has 1 aromatic carbocycles. The number of nitrogens with one attached hydrogen (secondary N) is 1. The van der Waals surface area contributed by atoms with Gasteiger partial charge in [0.05, 0.1) is 11.7 Å². The van der Waals surface area contributed by atoms with Gasteiger partial charge in [0, 0.05) is 17.8 Å². The van der Waals surface area contributed by atoms with Gasteiger partial charge in [-0.3, -0.25) is 9.59 Å². The van der Waals surface area contributed by atoms with Gasteiger partial charge in [-0.15, -0.1) is 0 Å². The third-order valence-corrected chi connectivity index (χ3v) is 8.44. The number of carboxylic acids is 1. The number of hydrogen-bond donors (Lipinski definition) is 4. The largest absolute Gasteiger partial charge is 0.506 e. The number of carbonyl (C=O) groups is 3. The lowest BCUT2D eigenvalue weighted by molar-refractivity contribution is -0.169. The maximum atomic E-state index is 13.1. The van der Waals surface area contributed by atoms with Crippen molar-refractivity contribution in [3.8, 4) is 11.5 Å². The summed E-state index contributed by atoms with van der Waals surface area (Å²) in [5.41, 5.74) is -1.75. The molecule has 0 radical (unpaired) electrons. The first kappa shape index (κ1) is 21.0. The average Bonchev–Trinajstić information content (AvgIpc) is 3.08. The number of rotatable bonds is 5. The number of anilines is 1. The molecule has 4 bridgehead atoms. The Hall–Kier alpha value is -2.87. The van der Waals surface area contributed by atoms with Gasteiger partial charge in [-0.2, -0.15) is 0 Å². The van der Waals surface area contributed by atoms with E-state index in [4.69, 9.17) is 9.84 Å². The second-order valence-corrected chi connectivity index (χ2v) is 10.3. The van der Waals surface area contributed by atoms with Crippen LogP contribution in [-0.4, -0.2) is 44.7 Å². The summed E-state index contributed by atoms with van der Waals surface area (Å²) in [4.78, 5) is 37.0. The monoisotopic (exact) mass is 441 g/mol. The van der Waals surface area contributed by atoms with Crippen LogP contribution in [0, 0.1) is 22.7 Å². The van der Waals surface area contributed by atoms with Crippen LogP contribution in [-0.2, 0) is 14.3 Å². The van der Waals surface area contributed by atoms with Crippen molar-refractivity contribution < 1.29 is 34.4 Å². The average molecular weight is 441 g/mol. The van der Waals surface area contributed by atoms with Gasteiger partial charge in [0.1, 0.15) is 17.0 Å². The van der Waals surface area contributed by atoms with Crippen molar-refractivity contribution in [1.29, 1.82) is 0 Å². The third-order valence-electron chi connectivity index (χ3n) is 8.44. The summed E-state index contributed by atoms with van der Waals surface area (Å²) in [5, 5.41) is 31.7. The van der Waals surface area contributed by atoms with Crippen molar-refractivity contribution in [2.75, 3.05) is 5.32 Å². The van der Waals surface area contributed by atoms with Crippen molar-refractivity contribution in [3.63, 3.8) is 0 Å². The van der Waals surface area contributed by atoms with E-state index in [1.54, 1.807) is 6.08 Å². The van der Waals surface area contributed by atoms with Gasteiger partial charge in [0.2, 0.25) is 5.91 Å². The van der Waals surface area contributed by atoms with Gasteiger partial charge in [-0.05, 0) is 62.1 Å². The van der Waals surface area contributed by atoms with E-state index in [1.807, 2.05) is 6.92 Å². The SMILES string of the molecule is C[C@]12C[C@@]34C=CC(=O)[C@@](C)(CCC(=O)Nc5c(O)ccc(C(=O)O)c5O)C3C(CC1C4)O2. The second kappa shape index (κ2) is 6.57. The standard InChI is InChI=1S/C24H27NO7/c1-22(7-6-17(28)25-18-14(26)4-3-13(19(18)29)21(30)31)16(27)5-8-24-10-12-9-15(20(22)24)32-23(12,2)11-24/h3-5,8,12,15,20,26,29H,6-7,9-11H2,1-2H3,(H,25,28)(H,30,31)/t12?,15?,20?,22-,23+,24+/m1/s1. The molecule has 2 saturated carbocycles. The Labute approximate surface area is 185 Å². The highest BCUT2D eigenvalue weighted by Gasteiger charge is 2.71. The molecule has 8 nitrogen and oxygen atoms in total. The molecule has 6 rings (SSSR count). The van der Waals surface area contributed by atoms with Gasteiger partial charge in [0.15, 0.2) is 11.5 Å². The number of aromatic hydroxyl groups is 2. The number of phenols is 2. The Bertz CT molecular complexity index is 1080. The first-order valence-corrected chi connectivity index (χ1v) is 11.0. The predicted octanol–water partition coefficient (Wildman–Crippen LogP) is 3.23. The molecule has 2 heterocycles. The van der Waals surface area contributed by atoms with E-state index < -0.39 is 34.4 Å². The van der Waals surface area contributed by atoms with Gasteiger partial charge < -0.3 is 25.4 Å². The van der Waals surface area contributed by atoms with Crippen LogP contribution < -0.4 is 5.32 Å². The van der Waals surface area contributed by atoms with Crippen LogP contribution in [0.15, 0.2) is 24.3 Å². The lowest BCUT2D eigenvalue weighted by Crippen LogP contribution is -2.56. The topological polar surface area (TPSA) is 133 Å². The number of carbonyl (C=O) groups excluding carboxylic acids is 2. The van der Waals surface area contributed by atoms with Gasteiger partial charge in [-0.25, -0.2) is 4.79 Å². The molecule has 4 N–H and O–H groups in total. The summed E-state index contributed by atoms with van der Waals surface area (Å²) < 4.78 is 6.41. The van der Waals surface area contributed by atoms with Crippen LogP contribution in [0.2, 0.25) is 0 Å². The molecule has 3 unspecified atom stereocenters. The number of carboxylic acid groups (broad SMARTS) is 1. The Morgan fingerprint density at radius 1 is 1.25 bits per heavy atom. The molecule has 8 heteroatoms. The zero-order valence-corrected chi connectivity index (χ0v) is 18.1. The van der Waals surface area contributed by atoms with Crippen molar-refractivity contribution >= 4 is 23.3 Å². The zero-order chi connectivity index (χ0) is 23.1. The highest BCUT2D eigenvalue weighted by atomic mass is 16.5. The summed E-state index contributed by atoms with van der Waals surface area (Å²) in [6, 6.07) is 2.16. The highest BCUT2D eigenvalue weighted by Crippen LogP contribution is 2.71. The quantitative estimate of drug-likeness (QED) is 0.516. The molecule has 1 amide bonds. The Morgan fingerprint density at radius 2 is 2.00 bits per heavy atom. The van der Waals surface area contributed by atoms with E-state index in [1.165, 1.54) is 0 Å². The summed E-state index contributed by atoms with van der Waals surface area (Å²) in [7, 11) is 0. The smallest absolute Gasteiger partial charge is 0.339 e. The lowest BCUT2D eigenvalue weighted by atomic mass is 9.51. The summed E-state index contributed by atoms with van der Waals surface area (Å²) in [6.07, 6.45) is 6.86. The number of aromatic carboxylic acids is 1. The molecular weight excluding hydrogens is 414 g/mol. The first-order chi connectivity index (χ1) is 15.0. The molecule has 32 heavy (non-hydrogen) atoms. The van der Waals surface area contributed by atoms with E-state index in [0.717, 1.165) is 31.4 Å². The van der Waals surface area contributed by atoms with Crippen LogP contribution in [0.4, 0.5) is 5.69 Å². The normalized spacial score (nSPS) is 38.7. The summed E-state index contributed by atoms with van der Waals surface area (Å²) >= 11 is 0. The van der Waals surface area contributed by atoms with Crippen molar-refractivity contribution in [2.24, 2.45) is 22.7 Å². The van der Waals surface area contributed by atoms with Crippen LogP contribution in [0.1, 0.15) is 56.3 Å². The molecule has 6 atom stereocenters. The zero-order valence-electron chi connectivity index (χ0n) is 18.1. The number of allylic oxidation sites excluding steroid dienone is 2. The van der Waals surface area contributed by atoms with Crippen molar-refractivity contribution in [2.45, 2.75) is 57.7 Å². The predicted molar refractivity (Wildman–Crippen MR) is 113 cm³/mol. The Morgan fingerprint density at radius 3 is 2.69 bits per heavy atom. The number of hydrogen-bond acceptors (Lipinski definition) is 6. The van der Waals surface area contributed by atoms with E-state index in [9.17, 15) is 24.6 Å². The number of benzene rings is 1. The van der Waals surface area contributed by atoms with Crippen molar-refractivity contribution in [1.82, 2.24) is 0 Å². The molecule has 2 saturated heterocycles. The van der Waals surface area contributed by atoms with E-state index in [0.29, 0.717) is 5.92 Å². The summed E-state index contributed by atoms with van der Waals surface area (Å²) in [5.74, 6) is -2.55. The molecular formula is C24H27NO7.